The molecule has 1 saturated carbocycles. The average molecular weight is 270 g/mol. The molecule has 0 spiro atoms. The Morgan fingerprint density at radius 2 is 1.79 bits per heavy atom. The number of carboxylic acids is 1. The highest BCUT2D eigenvalue weighted by Gasteiger charge is 2.33. The van der Waals surface area contributed by atoms with E-state index < -0.39 is 5.97 Å². The molecule has 0 aliphatic heterocycles. The third-order valence-electron chi connectivity index (χ3n) is 4.11. The molecule has 112 valence electrons. The Hall–Kier alpha value is -0.610. The molecule has 4 heteroatoms. The third kappa shape index (κ3) is 5.49. The van der Waals surface area contributed by atoms with Crippen LogP contribution < -0.4 is 0 Å². The van der Waals surface area contributed by atoms with Gasteiger partial charge in [0.05, 0.1) is 5.92 Å². The second-order valence-electron chi connectivity index (χ2n) is 5.99. The van der Waals surface area contributed by atoms with Crippen LogP contribution in [0.5, 0.6) is 0 Å². The van der Waals surface area contributed by atoms with Gasteiger partial charge in [0.1, 0.15) is 0 Å². The molecule has 0 aromatic heterocycles. The van der Waals surface area contributed by atoms with Gasteiger partial charge < -0.3 is 10.0 Å². The number of rotatable bonds is 7. The highest BCUT2D eigenvalue weighted by Crippen LogP contribution is 2.28. The molecule has 1 aliphatic carbocycles. The summed E-state index contributed by atoms with van der Waals surface area (Å²) in [6.07, 6.45) is 6.43. The Balaban J connectivity index is 2.72. The van der Waals surface area contributed by atoms with Crippen molar-refractivity contribution in [1.29, 1.82) is 0 Å². The van der Waals surface area contributed by atoms with Gasteiger partial charge in [-0.05, 0) is 39.9 Å². The molecule has 0 aromatic rings. The summed E-state index contributed by atoms with van der Waals surface area (Å²) in [6.45, 7) is 5.18. The Morgan fingerprint density at radius 3 is 2.37 bits per heavy atom. The zero-order chi connectivity index (χ0) is 14.3. The van der Waals surface area contributed by atoms with Gasteiger partial charge in [-0.2, -0.15) is 0 Å². The number of aliphatic carboxylic acids is 1. The second-order valence-corrected chi connectivity index (χ2v) is 5.99. The zero-order valence-electron chi connectivity index (χ0n) is 12.8. The molecular weight excluding hydrogens is 240 g/mol. The van der Waals surface area contributed by atoms with E-state index >= 15 is 0 Å². The molecular formula is C15H30N2O2. The van der Waals surface area contributed by atoms with Crippen LogP contribution in [0, 0.1) is 5.92 Å². The first-order valence-corrected chi connectivity index (χ1v) is 7.67. The number of carbonyl (C=O) groups is 1. The molecule has 1 fully saturated rings. The predicted octanol–water partition coefficient (Wildman–Crippen LogP) is 2.29. The van der Waals surface area contributed by atoms with Crippen LogP contribution in [0.1, 0.15) is 45.4 Å². The first kappa shape index (κ1) is 16.4. The Morgan fingerprint density at radius 1 is 1.11 bits per heavy atom. The van der Waals surface area contributed by atoms with Crippen molar-refractivity contribution in [3.8, 4) is 0 Å². The lowest BCUT2D eigenvalue weighted by Crippen LogP contribution is -2.46. The molecule has 0 bridgehead atoms. The number of hydrogen-bond donors (Lipinski definition) is 1. The highest BCUT2D eigenvalue weighted by atomic mass is 16.4. The maximum absolute atomic E-state index is 11.5. The lowest BCUT2D eigenvalue weighted by molar-refractivity contribution is -0.144. The number of nitrogens with zero attached hydrogens (tertiary/aromatic N) is 2. The fourth-order valence-corrected chi connectivity index (χ4v) is 3.07. The van der Waals surface area contributed by atoms with E-state index in [0.29, 0.717) is 0 Å². The Kier molecular flexibility index (Phi) is 7.39. The lowest BCUT2D eigenvalue weighted by Gasteiger charge is -2.35. The SMILES string of the molecule is CCCN(CCN(C)C)C1CCCCCC1C(=O)O. The second kappa shape index (κ2) is 8.54. The fraction of sp³-hybridized carbons (Fsp3) is 0.933. The van der Waals surface area contributed by atoms with E-state index in [-0.39, 0.29) is 12.0 Å². The quantitative estimate of drug-likeness (QED) is 0.721. The minimum atomic E-state index is -0.599. The smallest absolute Gasteiger partial charge is 0.308 e. The van der Waals surface area contributed by atoms with Crippen molar-refractivity contribution in [3.63, 3.8) is 0 Å². The van der Waals surface area contributed by atoms with Crippen LogP contribution in [-0.4, -0.2) is 60.6 Å². The minimum Gasteiger partial charge on any atom is -0.481 e. The van der Waals surface area contributed by atoms with Gasteiger partial charge in [-0.3, -0.25) is 9.69 Å². The van der Waals surface area contributed by atoms with Crippen molar-refractivity contribution in [3.05, 3.63) is 0 Å². The number of hydrogen-bond acceptors (Lipinski definition) is 3. The van der Waals surface area contributed by atoms with Crippen LogP contribution in [0.25, 0.3) is 0 Å². The zero-order valence-corrected chi connectivity index (χ0v) is 12.8. The minimum absolute atomic E-state index is 0.170. The first-order chi connectivity index (χ1) is 9.06. The molecule has 0 saturated heterocycles. The first-order valence-electron chi connectivity index (χ1n) is 7.67. The van der Waals surface area contributed by atoms with Crippen molar-refractivity contribution in [1.82, 2.24) is 9.80 Å². The molecule has 1 aliphatic rings. The van der Waals surface area contributed by atoms with E-state index in [1.165, 1.54) is 12.8 Å². The van der Waals surface area contributed by atoms with Gasteiger partial charge in [0.25, 0.3) is 0 Å². The molecule has 19 heavy (non-hydrogen) atoms. The summed E-state index contributed by atoms with van der Waals surface area (Å²) in [5.74, 6) is -0.769. The monoisotopic (exact) mass is 270 g/mol. The van der Waals surface area contributed by atoms with Crippen LogP contribution in [0.15, 0.2) is 0 Å². The summed E-state index contributed by atoms with van der Waals surface area (Å²) in [5, 5.41) is 9.49. The summed E-state index contributed by atoms with van der Waals surface area (Å²) in [5.41, 5.74) is 0. The summed E-state index contributed by atoms with van der Waals surface area (Å²) in [4.78, 5) is 16.1. The van der Waals surface area contributed by atoms with Crippen LogP contribution in [-0.2, 0) is 4.79 Å². The predicted molar refractivity (Wildman–Crippen MR) is 78.4 cm³/mol. The maximum Gasteiger partial charge on any atom is 0.308 e. The van der Waals surface area contributed by atoms with Gasteiger partial charge in [-0.1, -0.05) is 26.2 Å². The summed E-state index contributed by atoms with van der Waals surface area (Å²) in [7, 11) is 4.15. The Bertz CT molecular complexity index is 269. The van der Waals surface area contributed by atoms with E-state index in [2.05, 4.69) is 30.8 Å². The summed E-state index contributed by atoms with van der Waals surface area (Å²) in [6, 6.07) is 0.236. The van der Waals surface area contributed by atoms with Gasteiger partial charge in [-0.25, -0.2) is 0 Å². The lowest BCUT2D eigenvalue weighted by atomic mass is 9.93. The van der Waals surface area contributed by atoms with Crippen LogP contribution in [0.4, 0.5) is 0 Å². The summed E-state index contributed by atoms with van der Waals surface area (Å²) >= 11 is 0. The molecule has 0 radical (unpaired) electrons. The topological polar surface area (TPSA) is 43.8 Å². The van der Waals surface area contributed by atoms with Gasteiger partial charge in [-0.15, -0.1) is 0 Å². The summed E-state index contributed by atoms with van der Waals surface area (Å²) < 4.78 is 0. The van der Waals surface area contributed by atoms with E-state index in [0.717, 1.165) is 45.3 Å². The number of likely N-dealkylation sites (N-methyl/N-ethyl adjacent to an activating group) is 1. The van der Waals surface area contributed by atoms with Gasteiger partial charge in [0.15, 0.2) is 0 Å². The largest absolute Gasteiger partial charge is 0.481 e. The molecule has 2 atom stereocenters. The maximum atomic E-state index is 11.5. The van der Waals surface area contributed by atoms with Crippen molar-refractivity contribution >= 4 is 5.97 Å². The van der Waals surface area contributed by atoms with Crippen LogP contribution in [0.3, 0.4) is 0 Å². The van der Waals surface area contributed by atoms with Gasteiger partial charge in [0, 0.05) is 19.1 Å². The molecule has 2 unspecified atom stereocenters. The van der Waals surface area contributed by atoms with Crippen LogP contribution >= 0.6 is 0 Å². The fourth-order valence-electron chi connectivity index (χ4n) is 3.07. The van der Waals surface area contributed by atoms with Crippen molar-refractivity contribution in [2.24, 2.45) is 5.92 Å². The molecule has 0 aromatic carbocycles. The molecule has 1 N–H and O–H groups in total. The molecule has 1 rings (SSSR count). The van der Waals surface area contributed by atoms with Crippen molar-refractivity contribution < 1.29 is 9.90 Å². The average Bonchev–Trinajstić information content (AvgIpc) is 2.59. The normalized spacial score (nSPS) is 24.7. The van der Waals surface area contributed by atoms with Crippen LogP contribution in [0.2, 0.25) is 0 Å². The third-order valence-corrected chi connectivity index (χ3v) is 4.11. The molecule has 4 nitrogen and oxygen atoms in total. The number of carboxylic acid groups (broad SMARTS) is 1. The van der Waals surface area contributed by atoms with Crippen molar-refractivity contribution in [2.45, 2.75) is 51.5 Å². The van der Waals surface area contributed by atoms with Crippen molar-refractivity contribution in [2.75, 3.05) is 33.7 Å². The van der Waals surface area contributed by atoms with E-state index in [4.69, 9.17) is 0 Å². The Labute approximate surface area is 117 Å². The standard InChI is InChI=1S/C15H30N2O2/c1-4-10-17(12-11-16(2)3)14-9-7-5-6-8-13(14)15(18)19/h13-14H,4-12H2,1-3H3,(H,18,19). The molecule has 0 amide bonds. The molecule has 0 heterocycles. The van der Waals surface area contributed by atoms with Gasteiger partial charge >= 0.3 is 5.97 Å². The van der Waals surface area contributed by atoms with E-state index in [1.54, 1.807) is 0 Å². The van der Waals surface area contributed by atoms with Gasteiger partial charge in [0.2, 0.25) is 0 Å². The van der Waals surface area contributed by atoms with E-state index in [1.807, 2.05) is 0 Å². The van der Waals surface area contributed by atoms with E-state index in [9.17, 15) is 9.90 Å². The highest BCUT2D eigenvalue weighted by molar-refractivity contribution is 5.70.